The number of hydrogen-bond donors (Lipinski definition) is 2. The van der Waals surface area contributed by atoms with Gasteiger partial charge >= 0.3 is 0 Å². The Morgan fingerprint density at radius 1 is 0.923 bits per heavy atom. The van der Waals surface area contributed by atoms with Crippen molar-refractivity contribution in [3.63, 3.8) is 0 Å². The topological polar surface area (TPSA) is 60.0 Å². The Bertz CT molecular complexity index is 1340. The summed E-state index contributed by atoms with van der Waals surface area (Å²) in [6.45, 7) is 12.1. The summed E-state index contributed by atoms with van der Waals surface area (Å²) < 4.78 is 0. The number of likely N-dealkylation sites (N-methyl/N-ethyl adjacent to an activating group) is 1. The predicted molar refractivity (Wildman–Crippen MR) is 165 cm³/mol. The third-order valence-corrected chi connectivity index (χ3v) is 7.05. The molecule has 2 heterocycles. The van der Waals surface area contributed by atoms with Crippen molar-refractivity contribution in [1.82, 2.24) is 15.1 Å². The molecule has 1 fully saturated rings. The third-order valence-electron chi connectivity index (χ3n) is 6.58. The summed E-state index contributed by atoms with van der Waals surface area (Å²) in [5, 5.41) is 8.04. The molecule has 0 bridgehead atoms. The fraction of sp³-hybridized carbons (Fsp3) is 0.355. The van der Waals surface area contributed by atoms with Gasteiger partial charge in [0.15, 0.2) is 5.78 Å². The highest BCUT2D eigenvalue weighted by atomic mass is 35.5. The van der Waals surface area contributed by atoms with Gasteiger partial charge < -0.3 is 20.4 Å². The van der Waals surface area contributed by atoms with E-state index in [0.717, 1.165) is 54.6 Å². The zero-order valence-electron chi connectivity index (χ0n) is 23.3. The molecule has 0 aliphatic carbocycles. The molecule has 1 unspecified atom stereocenters. The summed E-state index contributed by atoms with van der Waals surface area (Å²) in [5.41, 5.74) is 4.69. The van der Waals surface area contributed by atoms with Gasteiger partial charge in [-0.1, -0.05) is 47.5 Å². The van der Waals surface area contributed by atoms with Crippen molar-refractivity contribution in [2.45, 2.75) is 39.3 Å². The Kier molecular flexibility index (Phi) is 9.34. The van der Waals surface area contributed by atoms with E-state index in [1.807, 2.05) is 52.0 Å². The van der Waals surface area contributed by atoms with Gasteiger partial charge in [-0.25, -0.2) is 4.99 Å². The summed E-state index contributed by atoms with van der Waals surface area (Å²) in [7, 11) is 2.16. The van der Waals surface area contributed by atoms with Crippen molar-refractivity contribution < 1.29 is 4.79 Å². The molecular formula is C31H37Cl2N5O. The van der Waals surface area contributed by atoms with Crippen LogP contribution in [0.2, 0.25) is 10.0 Å². The Labute approximate surface area is 242 Å². The van der Waals surface area contributed by atoms with Crippen LogP contribution in [0.4, 0.5) is 17.1 Å². The Hall–Kier alpha value is -2.90. The second-order valence-corrected chi connectivity index (χ2v) is 11.9. The minimum Gasteiger partial charge on any atom is -0.353 e. The smallest absolute Gasteiger partial charge is 0.179 e. The number of para-hydroxylation sites is 1. The number of nitrogens with zero attached hydrogens (tertiary/aromatic N) is 3. The number of amidine groups is 1. The number of benzene rings is 3. The lowest BCUT2D eigenvalue weighted by Gasteiger charge is -2.34. The van der Waals surface area contributed by atoms with Crippen molar-refractivity contribution >= 4 is 51.9 Å². The number of piperazine rings is 1. The van der Waals surface area contributed by atoms with Crippen molar-refractivity contribution in [2.24, 2.45) is 4.99 Å². The molecule has 3 aromatic rings. The van der Waals surface area contributed by atoms with Crippen LogP contribution >= 0.6 is 23.2 Å². The lowest BCUT2D eigenvalue weighted by Crippen LogP contribution is -2.47. The van der Waals surface area contributed by atoms with E-state index in [4.69, 9.17) is 28.2 Å². The maximum absolute atomic E-state index is 12.1. The van der Waals surface area contributed by atoms with Crippen molar-refractivity contribution in [1.29, 1.82) is 0 Å². The van der Waals surface area contributed by atoms with Crippen LogP contribution < -0.4 is 10.6 Å². The summed E-state index contributed by atoms with van der Waals surface area (Å²) in [5.74, 6) is 1.10. The van der Waals surface area contributed by atoms with E-state index in [1.54, 1.807) is 24.3 Å². The van der Waals surface area contributed by atoms with Gasteiger partial charge in [-0.3, -0.25) is 4.79 Å². The van der Waals surface area contributed by atoms with Gasteiger partial charge in [-0.2, -0.15) is 0 Å². The Morgan fingerprint density at radius 3 is 2.31 bits per heavy atom. The average Bonchev–Trinajstić information content (AvgIpc) is 3.05. The number of anilines is 2. The van der Waals surface area contributed by atoms with Gasteiger partial charge in [0.2, 0.25) is 0 Å². The van der Waals surface area contributed by atoms with Crippen LogP contribution in [0.15, 0.2) is 71.7 Å². The van der Waals surface area contributed by atoms with E-state index in [0.29, 0.717) is 15.6 Å². The van der Waals surface area contributed by atoms with Crippen LogP contribution in [0.3, 0.4) is 0 Å². The summed E-state index contributed by atoms with van der Waals surface area (Å²) in [6, 6.07) is 21.0. The molecule has 39 heavy (non-hydrogen) atoms. The molecule has 8 heteroatoms. The second-order valence-electron chi connectivity index (χ2n) is 11.0. The highest BCUT2D eigenvalue weighted by Gasteiger charge is 2.24. The molecule has 0 amide bonds. The zero-order chi connectivity index (χ0) is 28.2. The Morgan fingerprint density at radius 2 is 1.62 bits per heavy atom. The van der Waals surface area contributed by atoms with Crippen LogP contribution in [0.5, 0.6) is 0 Å². The molecule has 2 N–H and O–H groups in total. The molecule has 3 aromatic carbocycles. The quantitative estimate of drug-likeness (QED) is 0.334. The molecule has 5 rings (SSSR count). The number of carbonyl (C=O) groups is 1. The zero-order valence-corrected chi connectivity index (χ0v) is 24.8. The second kappa shape index (κ2) is 12.5. The Balaban J connectivity index is 0.000000195. The third kappa shape index (κ3) is 7.83. The molecular weight excluding hydrogens is 529 g/mol. The summed E-state index contributed by atoms with van der Waals surface area (Å²) >= 11 is 12.0. The van der Waals surface area contributed by atoms with Crippen molar-refractivity contribution in [3.8, 4) is 0 Å². The molecule has 1 atom stereocenters. The number of ketones is 1. The first kappa shape index (κ1) is 29.1. The van der Waals surface area contributed by atoms with Crippen LogP contribution in [0, 0.1) is 0 Å². The summed E-state index contributed by atoms with van der Waals surface area (Å²) in [6.07, 6.45) is 0. The van der Waals surface area contributed by atoms with Gasteiger partial charge in [-0.15, -0.1) is 0 Å². The average molecular weight is 567 g/mol. The number of Topliss-reactive ketones (excluding diaryl/α,β-unsaturated/α-hetero) is 1. The first-order chi connectivity index (χ1) is 18.5. The van der Waals surface area contributed by atoms with Gasteiger partial charge in [0.1, 0.15) is 5.84 Å². The molecule has 1 saturated heterocycles. The first-order valence-corrected chi connectivity index (χ1v) is 14.0. The predicted octanol–water partition coefficient (Wildman–Crippen LogP) is 7.02. The standard InChI is InChI=1S/C18H19ClN4.C13H18ClNO/c1-22-8-10-23(11-9-22)18-14-4-2-3-5-15(14)20-16-7-6-13(19)12-17(16)21-18;1-9(15-13(2,3)4)12(16)10-6-5-7-11(14)8-10/h2-7,12,20H,8-11H2,1H3;5-9,15H,1-4H3. The molecule has 0 saturated carbocycles. The summed E-state index contributed by atoms with van der Waals surface area (Å²) in [4.78, 5) is 21.7. The molecule has 6 nitrogen and oxygen atoms in total. The highest BCUT2D eigenvalue weighted by molar-refractivity contribution is 6.31. The van der Waals surface area contributed by atoms with E-state index in [1.165, 1.54) is 0 Å². The van der Waals surface area contributed by atoms with E-state index in [2.05, 4.69) is 45.7 Å². The minimum absolute atomic E-state index is 0.0671. The van der Waals surface area contributed by atoms with E-state index >= 15 is 0 Å². The fourth-order valence-corrected chi connectivity index (χ4v) is 5.03. The van der Waals surface area contributed by atoms with Crippen LogP contribution in [-0.4, -0.2) is 66.2 Å². The lowest BCUT2D eigenvalue weighted by molar-refractivity contribution is 0.0935. The van der Waals surface area contributed by atoms with Crippen molar-refractivity contribution in [3.05, 3.63) is 87.9 Å². The van der Waals surface area contributed by atoms with Gasteiger partial charge in [0.25, 0.3) is 0 Å². The lowest BCUT2D eigenvalue weighted by atomic mass is 10.0. The van der Waals surface area contributed by atoms with Gasteiger partial charge in [-0.05, 0) is 77.2 Å². The number of rotatable bonds is 3. The molecule has 206 valence electrons. The molecule has 0 radical (unpaired) electrons. The van der Waals surface area contributed by atoms with Crippen LogP contribution in [0.1, 0.15) is 43.6 Å². The minimum atomic E-state index is -0.210. The number of halogens is 2. The van der Waals surface area contributed by atoms with E-state index in [-0.39, 0.29) is 17.4 Å². The SMILES string of the molecule is CC(NC(C)(C)C)C(=O)c1cccc(Cl)c1.CN1CCN(C2=Nc3cc(Cl)ccc3Nc3ccccc32)CC1. The normalized spacial score (nSPS) is 16.0. The number of fused-ring (bicyclic) bond motifs is 2. The molecule has 0 aromatic heterocycles. The molecule has 2 aliphatic heterocycles. The first-order valence-electron chi connectivity index (χ1n) is 13.3. The number of aliphatic imine (C=N–C) groups is 1. The molecule has 2 aliphatic rings. The highest BCUT2D eigenvalue weighted by Crippen LogP contribution is 2.36. The van der Waals surface area contributed by atoms with Crippen LogP contribution in [0.25, 0.3) is 0 Å². The number of nitrogens with one attached hydrogen (secondary N) is 2. The maximum Gasteiger partial charge on any atom is 0.179 e. The number of hydrogen-bond acceptors (Lipinski definition) is 6. The maximum atomic E-state index is 12.1. The van der Waals surface area contributed by atoms with Gasteiger partial charge in [0, 0.05) is 58.6 Å². The van der Waals surface area contributed by atoms with Crippen LogP contribution in [-0.2, 0) is 0 Å². The fourth-order valence-electron chi connectivity index (χ4n) is 4.68. The molecule has 0 spiro atoms. The number of carbonyl (C=O) groups excluding carboxylic acids is 1. The van der Waals surface area contributed by atoms with Crippen molar-refractivity contribution in [2.75, 3.05) is 38.5 Å². The largest absolute Gasteiger partial charge is 0.353 e. The van der Waals surface area contributed by atoms with E-state index in [9.17, 15) is 4.79 Å². The monoisotopic (exact) mass is 565 g/mol. The van der Waals surface area contributed by atoms with E-state index < -0.39 is 0 Å². The van der Waals surface area contributed by atoms with Gasteiger partial charge in [0.05, 0.1) is 17.4 Å².